The van der Waals surface area contributed by atoms with E-state index in [0.717, 1.165) is 12.6 Å². The van der Waals surface area contributed by atoms with Gasteiger partial charge in [-0.05, 0) is 13.1 Å². The third kappa shape index (κ3) is 14.6. The number of rotatable bonds is 15. The highest BCUT2D eigenvalue weighted by atomic mass is 31.2. The maximum atomic E-state index is 11.9. The Morgan fingerprint density at radius 1 is 0.700 bits per heavy atom. The van der Waals surface area contributed by atoms with Gasteiger partial charge in [-0.1, -0.05) is 77.6 Å². The van der Waals surface area contributed by atoms with Crippen LogP contribution in [0.4, 0.5) is 0 Å². The number of hydrogen-bond donors (Lipinski definition) is 1. The van der Waals surface area contributed by atoms with Crippen LogP contribution >= 0.6 is 7.14 Å². The van der Waals surface area contributed by atoms with Gasteiger partial charge in [0.15, 0.2) is 0 Å². The summed E-state index contributed by atoms with van der Waals surface area (Å²) >= 11 is 0. The van der Waals surface area contributed by atoms with E-state index in [0.29, 0.717) is 6.16 Å². The molecule has 0 aromatic rings. The molecule has 1 atom stereocenters. The molecule has 0 saturated carbocycles. The molecule has 0 saturated heterocycles. The number of hydrogen-bond acceptors (Lipinski definition) is 2. The minimum absolute atomic E-state index is 0.0754. The standard InChI is InChI=1S/C17H37O2P/c1-3-4-5-6-7-8-9-10-11-12-13-14-16-20(2,19)17-15-18/h18H,3-17H2,1-2H3. The molecule has 20 heavy (non-hydrogen) atoms. The molecular weight excluding hydrogens is 267 g/mol. The molecule has 3 heteroatoms. The molecule has 0 aliphatic carbocycles. The van der Waals surface area contributed by atoms with Crippen LogP contribution in [0.15, 0.2) is 0 Å². The fourth-order valence-electron chi connectivity index (χ4n) is 2.61. The van der Waals surface area contributed by atoms with Gasteiger partial charge in [0.05, 0.1) is 7.14 Å². The van der Waals surface area contributed by atoms with Gasteiger partial charge in [0.25, 0.3) is 0 Å². The number of aliphatic hydroxyl groups is 1. The molecule has 0 aromatic heterocycles. The molecule has 0 aliphatic heterocycles. The van der Waals surface area contributed by atoms with Crippen molar-refractivity contribution in [3.8, 4) is 0 Å². The minimum Gasteiger partial charge on any atom is -0.396 e. The lowest BCUT2D eigenvalue weighted by Gasteiger charge is -2.10. The summed E-state index contributed by atoms with van der Waals surface area (Å²) in [6.45, 7) is 4.18. The van der Waals surface area contributed by atoms with E-state index in [-0.39, 0.29) is 6.61 Å². The maximum absolute atomic E-state index is 11.9. The van der Waals surface area contributed by atoms with Crippen molar-refractivity contribution >= 4 is 7.14 Å². The third-order valence-electron chi connectivity index (χ3n) is 4.06. The molecule has 1 unspecified atom stereocenters. The molecule has 0 radical (unpaired) electrons. The van der Waals surface area contributed by atoms with Crippen LogP contribution < -0.4 is 0 Å². The molecule has 0 heterocycles. The first-order chi connectivity index (χ1) is 9.62. The Kier molecular flexibility index (Phi) is 14.3. The summed E-state index contributed by atoms with van der Waals surface area (Å²) in [6.07, 6.45) is 17.4. The second kappa shape index (κ2) is 14.1. The highest BCUT2D eigenvalue weighted by Gasteiger charge is 2.12. The average molecular weight is 304 g/mol. The molecule has 0 aliphatic rings. The molecule has 2 nitrogen and oxygen atoms in total. The van der Waals surface area contributed by atoms with Crippen molar-refractivity contribution < 1.29 is 9.67 Å². The van der Waals surface area contributed by atoms with Crippen molar-refractivity contribution in [2.24, 2.45) is 0 Å². The van der Waals surface area contributed by atoms with E-state index in [2.05, 4.69) is 6.92 Å². The zero-order chi connectivity index (χ0) is 15.1. The second-order valence-electron chi connectivity index (χ2n) is 6.36. The highest BCUT2D eigenvalue weighted by Crippen LogP contribution is 2.41. The molecule has 0 bridgehead atoms. The largest absolute Gasteiger partial charge is 0.396 e. The topological polar surface area (TPSA) is 37.3 Å². The van der Waals surface area contributed by atoms with E-state index >= 15 is 0 Å². The molecule has 0 aromatic carbocycles. The van der Waals surface area contributed by atoms with E-state index in [1.54, 1.807) is 0 Å². The Labute approximate surface area is 127 Å². The van der Waals surface area contributed by atoms with Gasteiger partial charge in [-0.25, -0.2) is 0 Å². The van der Waals surface area contributed by atoms with E-state index < -0.39 is 7.14 Å². The Hall–Kier alpha value is 0.190. The van der Waals surface area contributed by atoms with Gasteiger partial charge in [-0.2, -0.15) is 0 Å². The summed E-state index contributed by atoms with van der Waals surface area (Å²) in [7, 11) is -2.02. The zero-order valence-electron chi connectivity index (χ0n) is 13.9. The molecule has 0 spiro atoms. The quantitative estimate of drug-likeness (QED) is 0.312. The van der Waals surface area contributed by atoms with Crippen molar-refractivity contribution in [3.63, 3.8) is 0 Å². The van der Waals surface area contributed by atoms with Crippen molar-refractivity contribution in [1.82, 2.24) is 0 Å². The van der Waals surface area contributed by atoms with E-state index in [9.17, 15) is 4.57 Å². The van der Waals surface area contributed by atoms with Gasteiger partial charge in [-0.3, -0.25) is 0 Å². The SMILES string of the molecule is CCCCCCCCCCCCCCP(C)(=O)CCO. The fourth-order valence-corrected chi connectivity index (χ4v) is 4.15. The van der Waals surface area contributed by atoms with Gasteiger partial charge >= 0.3 is 0 Å². The van der Waals surface area contributed by atoms with Crippen molar-refractivity contribution in [2.45, 2.75) is 84.0 Å². The lowest BCUT2D eigenvalue weighted by Crippen LogP contribution is -1.98. The summed E-state index contributed by atoms with van der Waals surface area (Å²) in [6, 6.07) is 0. The van der Waals surface area contributed by atoms with Gasteiger partial charge in [0.1, 0.15) is 0 Å². The monoisotopic (exact) mass is 304 g/mol. The Morgan fingerprint density at radius 2 is 1.10 bits per heavy atom. The summed E-state index contributed by atoms with van der Waals surface area (Å²) in [5, 5.41) is 8.82. The lowest BCUT2D eigenvalue weighted by molar-refractivity contribution is 0.319. The lowest BCUT2D eigenvalue weighted by atomic mass is 10.1. The molecular formula is C17H37O2P. The first kappa shape index (κ1) is 20.2. The summed E-state index contributed by atoms with van der Waals surface area (Å²) in [5.41, 5.74) is 0. The van der Waals surface area contributed by atoms with Crippen LogP contribution in [0.1, 0.15) is 84.0 Å². The Bertz CT molecular complexity index is 241. The minimum atomic E-state index is -2.02. The maximum Gasteiger partial charge on any atom is 0.0870 e. The van der Waals surface area contributed by atoms with E-state index in [4.69, 9.17) is 5.11 Å². The van der Waals surface area contributed by atoms with Crippen LogP contribution in [0.25, 0.3) is 0 Å². The third-order valence-corrected chi connectivity index (χ3v) is 6.47. The predicted molar refractivity (Wildman–Crippen MR) is 91.4 cm³/mol. The van der Waals surface area contributed by atoms with Crippen LogP contribution in [0.2, 0.25) is 0 Å². The fraction of sp³-hybridized carbons (Fsp3) is 1.00. The number of unbranched alkanes of at least 4 members (excludes halogenated alkanes) is 11. The molecule has 0 rings (SSSR count). The van der Waals surface area contributed by atoms with Crippen LogP contribution in [0.3, 0.4) is 0 Å². The van der Waals surface area contributed by atoms with Gasteiger partial charge in [0, 0.05) is 18.9 Å². The van der Waals surface area contributed by atoms with E-state index in [1.807, 2.05) is 6.66 Å². The highest BCUT2D eigenvalue weighted by molar-refractivity contribution is 7.63. The van der Waals surface area contributed by atoms with Crippen LogP contribution in [0, 0.1) is 0 Å². The Morgan fingerprint density at radius 3 is 1.50 bits per heavy atom. The Balaban J connectivity index is 3.15. The van der Waals surface area contributed by atoms with Crippen LogP contribution in [-0.4, -0.2) is 30.7 Å². The predicted octanol–water partition coefficient (Wildman–Crippen LogP) is 5.67. The molecule has 0 fully saturated rings. The number of aliphatic hydroxyl groups excluding tert-OH is 1. The summed E-state index contributed by atoms with van der Waals surface area (Å²) in [5.74, 6) is 0. The van der Waals surface area contributed by atoms with Gasteiger partial charge < -0.3 is 9.67 Å². The summed E-state index contributed by atoms with van der Waals surface area (Å²) in [4.78, 5) is 0. The smallest absolute Gasteiger partial charge is 0.0870 e. The zero-order valence-corrected chi connectivity index (χ0v) is 14.8. The van der Waals surface area contributed by atoms with Crippen molar-refractivity contribution in [1.29, 1.82) is 0 Å². The van der Waals surface area contributed by atoms with Crippen molar-refractivity contribution in [2.75, 3.05) is 25.6 Å². The van der Waals surface area contributed by atoms with Crippen molar-refractivity contribution in [3.05, 3.63) is 0 Å². The van der Waals surface area contributed by atoms with Gasteiger partial charge in [0.2, 0.25) is 0 Å². The van der Waals surface area contributed by atoms with Gasteiger partial charge in [-0.15, -0.1) is 0 Å². The first-order valence-electron chi connectivity index (χ1n) is 8.79. The van der Waals surface area contributed by atoms with Crippen LogP contribution in [-0.2, 0) is 4.57 Å². The van der Waals surface area contributed by atoms with Crippen LogP contribution in [0.5, 0.6) is 0 Å². The second-order valence-corrected chi connectivity index (χ2v) is 9.84. The van der Waals surface area contributed by atoms with E-state index in [1.165, 1.54) is 70.6 Å². The molecule has 1 N–H and O–H groups in total. The summed E-state index contributed by atoms with van der Waals surface area (Å²) < 4.78 is 11.9. The average Bonchev–Trinajstić information content (AvgIpc) is 2.40. The normalized spacial score (nSPS) is 14.3. The molecule has 0 amide bonds. The molecule has 122 valence electrons. The first-order valence-corrected chi connectivity index (χ1v) is 11.3.